The van der Waals surface area contributed by atoms with Gasteiger partial charge in [0.05, 0.1) is 6.61 Å². The molecule has 114 valence electrons. The summed E-state index contributed by atoms with van der Waals surface area (Å²) in [5, 5.41) is 9.22. The van der Waals surface area contributed by atoms with E-state index in [-0.39, 0.29) is 6.61 Å². The third kappa shape index (κ3) is 2.88. The number of aliphatic hydroxyl groups is 1. The number of benzene rings is 1. The predicted octanol–water partition coefficient (Wildman–Crippen LogP) is 2.81. The number of rotatable bonds is 5. The summed E-state index contributed by atoms with van der Waals surface area (Å²) >= 11 is 0. The first kappa shape index (κ1) is 15.8. The highest BCUT2D eigenvalue weighted by molar-refractivity contribution is 5.51. The summed E-state index contributed by atoms with van der Waals surface area (Å²) < 4.78 is 4.43. The zero-order chi connectivity index (χ0) is 15.6. The van der Waals surface area contributed by atoms with Gasteiger partial charge in [0.15, 0.2) is 0 Å². The minimum absolute atomic E-state index is 0.171. The average Bonchev–Trinajstić information content (AvgIpc) is 2.75. The lowest BCUT2D eigenvalue weighted by Crippen LogP contribution is -2.36. The third-order valence-electron chi connectivity index (χ3n) is 4.33. The smallest absolute Gasteiger partial charge is 0.249 e. The molecule has 0 spiro atoms. The third-order valence-corrected chi connectivity index (χ3v) is 4.33. The van der Waals surface area contributed by atoms with Crippen molar-refractivity contribution in [2.45, 2.75) is 54.0 Å². The quantitative estimate of drug-likeness (QED) is 0.842. The van der Waals surface area contributed by atoms with E-state index < -0.39 is 0 Å². The van der Waals surface area contributed by atoms with Gasteiger partial charge in [-0.25, -0.2) is 4.57 Å². The maximum atomic E-state index is 9.22. The first-order chi connectivity index (χ1) is 10.0. The molecule has 0 unspecified atom stereocenters. The molecule has 1 aromatic carbocycles. The molecule has 21 heavy (non-hydrogen) atoms. The van der Waals surface area contributed by atoms with Crippen LogP contribution in [0.5, 0.6) is 0 Å². The number of aromatic nitrogens is 2. The number of imidazole rings is 1. The summed E-state index contributed by atoms with van der Waals surface area (Å²) in [5.41, 5.74) is 7.90. The standard InChI is InChI=1S/C18H27N2O/c1-6-16-10-13(3)11-17(7-2)18(16)20-12-19(8-9-21)14(4)15(20)5/h10-12,21H,6-9H2,1-5H3/q+1. The summed E-state index contributed by atoms with van der Waals surface area (Å²) in [6, 6.07) is 4.58. The van der Waals surface area contributed by atoms with Crippen LogP contribution in [0.2, 0.25) is 0 Å². The van der Waals surface area contributed by atoms with Crippen molar-refractivity contribution in [3.8, 4) is 5.69 Å². The van der Waals surface area contributed by atoms with Crippen LogP contribution in [-0.2, 0) is 19.4 Å². The zero-order valence-electron chi connectivity index (χ0n) is 13.9. The molecule has 0 fully saturated rings. The summed E-state index contributed by atoms with van der Waals surface area (Å²) in [6.07, 6.45) is 4.19. The lowest BCUT2D eigenvalue weighted by atomic mass is 9.99. The van der Waals surface area contributed by atoms with Crippen molar-refractivity contribution < 1.29 is 9.67 Å². The van der Waals surface area contributed by atoms with Gasteiger partial charge in [-0.15, -0.1) is 0 Å². The van der Waals surface area contributed by atoms with E-state index in [1.165, 1.54) is 33.8 Å². The van der Waals surface area contributed by atoms with E-state index in [1.54, 1.807) is 0 Å². The van der Waals surface area contributed by atoms with Crippen molar-refractivity contribution in [1.29, 1.82) is 0 Å². The molecule has 0 aliphatic carbocycles. The van der Waals surface area contributed by atoms with E-state index in [1.807, 2.05) is 0 Å². The minimum atomic E-state index is 0.171. The predicted molar refractivity (Wildman–Crippen MR) is 86.0 cm³/mol. The van der Waals surface area contributed by atoms with Gasteiger partial charge in [-0.3, -0.25) is 0 Å². The van der Waals surface area contributed by atoms with Crippen molar-refractivity contribution in [2.75, 3.05) is 6.61 Å². The Hall–Kier alpha value is -1.61. The van der Waals surface area contributed by atoms with Crippen molar-refractivity contribution in [3.63, 3.8) is 0 Å². The van der Waals surface area contributed by atoms with E-state index in [9.17, 15) is 5.11 Å². The molecule has 3 nitrogen and oxygen atoms in total. The first-order valence-corrected chi connectivity index (χ1v) is 7.85. The van der Waals surface area contributed by atoms with Crippen LogP contribution in [0.1, 0.15) is 41.9 Å². The minimum Gasteiger partial charge on any atom is -0.392 e. The Kier molecular flexibility index (Phi) is 4.84. The summed E-state index contributed by atoms with van der Waals surface area (Å²) in [6.45, 7) is 11.7. The van der Waals surface area contributed by atoms with Gasteiger partial charge in [0.1, 0.15) is 23.6 Å². The monoisotopic (exact) mass is 287 g/mol. The van der Waals surface area contributed by atoms with Crippen LogP contribution in [0.4, 0.5) is 0 Å². The van der Waals surface area contributed by atoms with Gasteiger partial charge in [-0.05, 0) is 30.9 Å². The molecule has 0 atom stereocenters. The Bertz CT molecular complexity index is 616. The SMILES string of the molecule is CCc1cc(C)cc(CC)c1-n1c[n+](CCO)c(C)c1C. The highest BCUT2D eigenvalue weighted by atomic mass is 16.3. The van der Waals surface area contributed by atoms with E-state index >= 15 is 0 Å². The second kappa shape index (κ2) is 6.44. The van der Waals surface area contributed by atoms with Crippen LogP contribution in [0, 0.1) is 20.8 Å². The maximum absolute atomic E-state index is 9.22. The molecular formula is C18H27N2O+. The van der Waals surface area contributed by atoms with Crippen LogP contribution in [-0.4, -0.2) is 16.3 Å². The van der Waals surface area contributed by atoms with E-state index in [0.717, 1.165) is 12.8 Å². The normalized spacial score (nSPS) is 11.1. The van der Waals surface area contributed by atoms with Gasteiger partial charge in [0, 0.05) is 13.8 Å². The van der Waals surface area contributed by atoms with Crippen LogP contribution in [0.3, 0.4) is 0 Å². The fourth-order valence-corrected chi connectivity index (χ4v) is 3.04. The zero-order valence-corrected chi connectivity index (χ0v) is 13.9. The molecule has 1 aromatic heterocycles. The largest absolute Gasteiger partial charge is 0.392 e. The van der Waals surface area contributed by atoms with E-state index in [4.69, 9.17) is 0 Å². The van der Waals surface area contributed by atoms with Gasteiger partial charge in [0.2, 0.25) is 6.33 Å². The van der Waals surface area contributed by atoms with Crippen molar-refractivity contribution in [1.82, 2.24) is 4.57 Å². The fourth-order valence-electron chi connectivity index (χ4n) is 3.04. The maximum Gasteiger partial charge on any atom is 0.249 e. The van der Waals surface area contributed by atoms with Crippen LogP contribution < -0.4 is 4.57 Å². The van der Waals surface area contributed by atoms with Gasteiger partial charge in [0.25, 0.3) is 0 Å². The molecule has 1 heterocycles. The highest BCUT2D eigenvalue weighted by Gasteiger charge is 2.22. The Morgan fingerprint density at radius 1 is 1.05 bits per heavy atom. The first-order valence-electron chi connectivity index (χ1n) is 7.85. The number of aliphatic hydroxyl groups excluding tert-OH is 1. The van der Waals surface area contributed by atoms with Crippen LogP contribution in [0.15, 0.2) is 18.5 Å². The lowest BCUT2D eigenvalue weighted by Gasteiger charge is -2.12. The Morgan fingerprint density at radius 3 is 2.10 bits per heavy atom. The summed E-state index contributed by atoms with van der Waals surface area (Å²) in [4.78, 5) is 0. The second-order valence-corrected chi connectivity index (χ2v) is 5.71. The van der Waals surface area contributed by atoms with Gasteiger partial charge in [-0.2, -0.15) is 4.57 Å². The highest BCUT2D eigenvalue weighted by Crippen LogP contribution is 2.25. The number of nitrogens with zero attached hydrogens (tertiary/aromatic N) is 2. The van der Waals surface area contributed by atoms with Gasteiger partial charge in [-0.1, -0.05) is 31.5 Å². The van der Waals surface area contributed by atoms with Crippen molar-refractivity contribution in [2.24, 2.45) is 0 Å². The molecular weight excluding hydrogens is 260 g/mol. The summed E-state index contributed by atoms with van der Waals surface area (Å²) in [7, 11) is 0. The van der Waals surface area contributed by atoms with Gasteiger partial charge >= 0.3 is 0 Å². The molecule has 0 aliphatic rings. The Balaban J connectivity index is 2.69. The van der Waals surface area contributed by atoms with Crippen molar-refractivity contribution >= 4 is 0 Å². The molecule has 0 bridgehead atoms. The molecule has 2 rings (SSSR count). The number of hydrogen-bond acceptors (Lipinski definition) is 1. The second-order valence-electron chi connectivity index (χ2n) is 5.71. The average molecular weight is 287 g/mol. The van der Waals surface area contributed by atoms with Gasteiger partial charge < -0.3 is 5.11 Å². The van der Waals surface area contributed by atoms with E-state index in [0.29, 0.717) is 6.54 Å². The van der Waals surface area contributed by atoms with Crippen LogP contribution in [0.25, 0.3) is 5.69 Å². The molecule has 0 aliphatic heterocycles. The summed E-state index contributed by atoms with van der Waals surface area (Å²) in [5.74, 6) is 0. The fraction of sp³-hybridized carbons (Fsp3) is 0.500. The number of aryl methyl sites for hydroxylation is 3. The molecule has 0 amide bonds. The molecule has 0 saturated carbocycles. The molecule has 2 aromatic rings. The number of hydrogen-bond donors (Lipinski definition) is 1. The molecule has 0 saturated heterocycles. The molecule has 1 N–H and O–H groups in total. The molecule has 0 radical (unpaired) electrons. The Labute approximate surface area is 127 Å². The Morgan fingerprint density at radius 2 is 1.62 bits per heavy atom. The topological polar surface area (TPSA) is 29.0 Å². The van der Waals surface area contributed by atoms with Crippen LogP contribution >= 0.6 is 0 Å². The molecule has 3 heteroatoms. The lowest BCUT2D eigenvalue weighted by molar-refractivity contribution is -0.703. The van der Waals surface area contributed by atoms with E-state index in [2.05, 4.69) is 62.2 Å². The van der Waals surface area contributed by atoms with Crippen molar-refractivity contribution in [3.05, 3.63) is 46.5 Å².